The third-order valence-electron chi connectivity index (χ3n) is 1.63. The van der Waals surface area contributed by atoms with Crippen molar-refractivity contribution in [3.63, 3.8) is 0 Å². The van der Waals surface area contributed by atoms with Gasteiger partial charge in [0.1, 0.15) is 0 Å². The average Bonchev–Trinajstić information content (AvgIpc) is 1.84. The van der Waals surface area contributed by atoms with E-state index in [1.807, 2.05) is 0 Å². The molecular formula is C6H14N2O2. The van der Waals surface area contributed by atoms with Gasteiger partial charge in [-0.25, -0.2) is 0 Å². The molecule has 4 N–H and O–H groups in total. The van der Waals surface area contributed by atoms with Gasteiger partial charge in [-0.05, 0) is 0 Å². The Hall–Kier alpha value is -0.160. The zero-order valence-corrected chi connectivity index (χ0v) is 5.88. The highest BCUT2D eigenvalue weighted by atomic mass is 16.3. The topological polar surface area (TPSA) is 64.5 Å². The molecule has 1 rings (SSSR count). The summed E-state index contributed by atoms with van der Waals surface area (Å²) in [5, 5.41) is 23.5. The second kappa shape index (κ2) is 3.88. The molecule has 4 heteroatoms. The van der Waals surface area contributed by atoms with E-state index in [9.17, 15) is 0 Å². The molecule has 1 aliphatic rings. The second-order valence-corrected chi connectivity index (χ2v) is 2.60. The van der Waals surface area contributed by atoms with Gasteiger partial charge in [-0.3, -0.25) is 0 Å². The third-order valence-corrected chi connectivity index (χ3v) is 1.63. The highest BCUT2D eigenvalue weighted by Gasteiger charge is 2.16. The lowest BCUT2D eigenvalue weighted by atomic mass is 10.2. The molecule has 60 valence electrons. The molecule has 0 amide bonds. The van der Waals surface area contributed by atoms with Crippen molar-refractivity contribution in [3.05, 3.63) is 0 Å². The van der Waals surface area contributed by atoms with E-state index in [0.717, 1.165) is 13.1 Å². The molecule has 1 heterocycles. The first-order valence-electron chi connectivity index (χ1n) is 3.56. The maximum Gasteiger partial charge on any atom is 0.0895 e. The van der Waals surface area contributed by atoms with E-state index in [2.05, 4.69) is 10.6 Å². The molecule has 0 spiro atoms. The van der Waals surface area contributed by atoms with Crippen molar-refractivity contribution in [1.82, 2.24) is 10.6 Å². The molecule has 0 aromatic carbocycles. The maximum absolute atomic E-state index is 8.89. The van der Waals surface area contributed by atoms with E-state index in [4.69, 9.17) is 10.2 Å². The van der Waals surface area contributed by atoms with Gasteiger partial charge in [-0.15, -0.1) is 0 Å². The van der Waals surface area contributed by atoms with Gasteiger partial charge in [0.05, 0.1) is 12.7 Å². The second-order valence-electron chi connectivity index (χ2n) is 2.60. The van der Waals surface area contributed by atoms with Crippen LogP contribution in [0, 0.1) is 0 Å². The lowest BCUT2D eigenvalue weighted by Crippen LogP contribution is -2.56. The monoisotopic (exact) mass is 146 g/mol. The Morgan fingerprint density at radius 3 is 2.70 bits per heavy atom. The minimum atomic E-state index is -0.611. The Bertz CT molecular complexity index is 91.0. The van der Waals surface area contributed by atoms with Crippen LogP contribution in [0.15, 0.2) is 0 Å². The molecule has 10 heavy (non-hydrogen) atoms. The SMILES string of the molecule is OCC(O)CNC1CNC1. The zero-order chi connectivity index (χ0) is 7.40. The first kappa shape index (κ1) is 7.94. The summed E-state index contributed by atoms with van der Waals surface area (Å²) in [5.74, 6) is 0. The summed E-state index contributed by atoms with van der Waals surface area (Å²) in [5.41, 5.74) is 0. The Balaban J connectivity index is 1.93. The van der Waals surface area contributed by atoms with E-state index < -0.39 is 6.10 Å². The van der Waals surface area contributed by atoms with Gasteiger partial charge >= 0.3 is 0 Å². The van der Waals surface area contributed by atoms with Crippen LogP contribution in [0.5, 0.6) is 0 Å². The van der Waals surface area contributed by atoms with Crippen LogP contribution in [0.25, 0.3) is 0 Å². The van der Waals surface area contributed by atoms with Crippen molar-refractivity contribution in [2.45, 2.75) is 12.1 Å². The smallest absolute Gasteiger partial charge is 0.0895 e. The standard InChI is InChI=1S/C6H14N2O2/c9-4-6(10)3-8-5-1-7-2-5/h5-10H,1-4H2. The number of nitrogens with one attached hydrogen (secondary N) is 2. The van der Waals surface area contributed by atoms with E-state index in [-0.39, 0.29) is 6.61 Å². The first-order valence-corrected chi connectivity index (χ1v) is 3.56. The van der Waals surface area contributed by atoms with Crippen LogP contribution in [-0.4, -0.2) is 48.6 Å². The van der Waals surface area contributed by atoms with Gasteiger partial charge in [0.2, 0.25) is 0 Å². The summed E-state index contributed by atoms with van der Waals surface area (Å²) in [6.45, 7) is 2.27. The Morgan fingerprint density at radius 2 is 2.30 bits per heavy atom. The van der Waals surface area contributed by atoms with Crippen LogP contribution in [0.1, 0.15) is 0 Å². The normalized spacial score (nSPS) is 22.2. The third kappa shape index (κ3) is 2.22. The number of aliphatic hydroxyl groups excluding tert-OH is 2. The molecule has 0 saturated carbocycles. The Kier molecular flexibility index (Phi) is 3.08. The highest BCUT2D eigenvalue weighted by Crippen LogP contribution is 1.90. The first-order chi connectivity index (χ1) is 4.83. The molecule has 4 nitrogen and oxygen atoms in total. The van der Waals surface area contributed by atoms with Crippen molar-refractivity contribution in [1.29, 1.82) is 0 Å². The fraction of sp³-hybridized carbons (Fsp3) is 1.00. The van der Waals surface area contributed by atoms with E-state index in [1.165, 1.54) is 0 Å². The molecule has 1 unspecified atom stereocenters. The summed E-state index contributed by atoms with van der Waals surface area (Å²) >= 11 is 0. The van der Waals surface area contributed by atoms with Gasteiger partial charge in [0, 0.05) is 25.7 Å². The number of hydrogen-bond acceptors (Lipinski definition) is 4. The lowest BCUT2D eigenvalue weighted by Gasteiger charge is -2.28. The van der Waals surface area contributed by atoms with Crippen LogP contribution in [-0.2, 0) is 0 Å². The summed E-state index contributed by atoms with van der Waals surface area (Å²) in [7, 11) is 0. The van der Waals surface area contributed by atoms with E-state index in [1.54, 1.807) is 0 Å². The average molecular weight is 146 g/mol. The zero-order valence-electron chi connectivity index (χ0n) is 5.88. The largest absolute Gasteiger partial charge is 0.394 e. The minimum Gasteiger partial charge on any atom is -0.394 e. The molecule has 0 aromatic rings. The quantitative estimate of drug-likeness (QED) is 0.367. The molecule has 0 aliphatic carbocycles. The summed E-state index contributed by atoms with van der Waals surface area (Å²) in [4.78, 5) is 0. The summed E-state index contributed by atoms with van der Waals surface area (Å²) < 4.78 is 0. The van der Waals surface area contributed by atoms with Gasteiger partial charge in [0.25, 0.3) is 0 Å². The number of aliphatic hydroxyl groups is 2. The minimum absolute atomic E-state index is 0.160. The maximum atomic E-state index is 8.89. The molecule has 1 aliphatic heterocycles. The molecule has 0 bridgehead atoms. The van der Waals surface area contributed by atoms with Crippen molar-refractivity contribution >= 4 is 0 Å². The molecular weight excluding hydrogens is 132 g/mol. The van der Waals surface area contributed by atoms with Crippen LogP contribution in [0.3, 0.4) is 0 Å². The Morgan fingerprint density at radius 1 is 1.60 bits per heavy atom. The molecule has 1 saturated heterocycles. The van der Waals surface area contributed by atoms with Crippen molar-refractivity contribution in [3.8, 4) is 0 Å². The molecule has 1 fully saturated rings. The van der Waals surface area contributed by atoms with Crippen molar-refractivity contribution < 1.29 is 10.2 Å². The van der Waals surface area contributed by atoms with Crippen LogP contribution in [0.4, 0.5) is 0 Å². The van der Waals surface area contributed by atoms with E-state index in [0.29, 0.717) is 12.6 Å². The predicted octanol–water partition coefficient (Wildman–Crippen LogP) is -2.10. The predicted molar refractivity (Wildman–Crippen MR) is 37.8 cm³/mol. The van der Waals surface area contributed by atoms with Gasteiger partial charge in [-0.2, -0.15) is 0 Å². The summed E-state index contributed by atoms with van der Waals surface area (Å²) in [6, 6.07) is 0.487. The fourth-order valence-electron chi connectivity index (χ4n) is 0.800. The van der Waals surface area contributed by atoms with Crippen LogP contribution >= 0.6 is 0 Å². The summed E-state index contributed by atoms with van der Waals surface area (Å²) in [6.07, 6.45) is -0.611. The fourth-order valence-corrected chi connectivity index (χ4v) is 0.800. The highest BCUT2D eigenvalue weighted by molar-refractivity contribution is 4.81. The van der Waals surface area contributed by atoms with E-state index >= 15 is 0 Å². The van der Waals surface area contributed by atoms with Gasteiger partial charge in [-0.1, -0.05) is 0 Å². The lowest BCUT2D eigenvalue weighted by molar-refractivity contribution is 0.0898. The van der Waals surface area contributed by atoms with Crippen molar-refractivity contribution in [2.75, 3.05) is 26.2 Å². The molecule has 1 atom stereocenters. The molecule has 0 radical (unpaired) electrons. The van der Waals surface area contributed by atoms with Gasteiger partial charge in [0.15, 0.2) is 0 Å². The van der Waals surface area contributed by atoms with Crippen LogP contribution in [0.2, 0.25) is 0 Å². The Labute approximate surface area is 60.2 Å². The number of rotatable bonds is 4. The van der Waals surface area contributed by atoms with Crippen LogP contribution < -0.4 is 10.6 Å². The van der Waals surface area contributed by atoms with Gasteiger partial charge < -0.3 is 20.8 Å². The molecule has 0 aromatic heterocycles. The number of hydrogen-bond donors (Lipinski definition) is 4. The van der Waals surface area contributed by atoms with Crippen molar-refractivity contribution in [2.24, 2.45) is 0 Å².